The molecular weight excluding hydrogens is 525 g/mol. The third-order valence-electron chi connectivity index (χ3n) is 7.23. The van der Waals surface area contributed by atoms with Gasteiger partial charge < -0.3 is 15.5 Å². The van der Waals surface area contributed by atoms with Crippen LogP contribution in [-0.2, 0) is 6.42 Å². The van der Waals surface area contributed by atoms with Crippen LogP contribution in [0.1, 0.15) is 30.3 Å². The molecule has 0 aliphatic carbocycles. The van der Waals surface area contributed by atoms with Crippen molar-refractivity contribution in [2.24, 2.45) is 5.73 Å². The largest absolute Gasteiger partial charge is 0.341 e. The fraction of sp³-hybridized carbons (Fsp3) is 0.276. The number of nitrogens with zero attached hydrogens (tertiary/aromatic N) is 8. The van der Waals surface area contributed by atoms with Gasteiger partial charge in [-0.15, -0.1) is 0 Å². The molecule has 1 aliphatic rings. The summed E-state index contributed by atoms with van der Waals surface area (Å²) in [4.78, 5) is 23.5. The van der Waals surface area contributed by atoms with Crippen LogP contribution in [0.2, 0.25) is 0 Å². The van der Waals surface area contributed by atoms with E-state index in [1.165, 1.54) is 23.5 Å². The van der Waals surface area contributed by atoms with Gasteiger partial charge in [-0.1, -0.05) is 18.3 Å². The van der Waals surface area contributed by atoms with E-state index in [0.29, 0.717) is 21.3 Å². The lowest BCUT2D eigenvalue weighted by molar-refractivity contribution is 0.495. The van der Waals surface area contributed by atoms with Crippen LogP contribution >= 0.6 is 11.3 Å². The van der Waals surface area contributed by atoms with E-state index < -0.39 is 0 Å². The second kappa shape index (κ2) is 10.6. The summed E-state index contributed by atoms with van der Waals surface area (Å²) in [6.07, 6.45) is 8.35. The Hall–Kier alpha value is -4.40. The molecule has 0 radical (unpaired) electrons. The number of piperidine rings is 1. The normalized spacial score (nSPS) is 14.0. The lowest BCUT2D eigenvalue weighted by Crippen LogP contribution is -2.40. The van der Waals surface area contributed by atoms with Gasteiger partial charge in [0.1, 0.15) is 33.9 Å². The van der Waals surface area contributed by atoms with E-state index >= 15 is 0 Å². The molecular formula is C29H28FN9S. The Morgan fingerprint density at radius 1 is 1.05 bits per heavy atom. The number of nitrogens with two attached hydrogens (primary N) is 1. The average molecular weight is 554 g/mol. The first kappa shape index (κ1) is 25.9. The Kier molecular flexibility index (Phi) is 6.88. The van der Waals surface area contributed by atoms with Crippen molar-refractivity contribution in [3.8, 4) is 28.5 Å². The lowest BCUT2D eigenvalue weighted by atomic mass is 10.1. The lowest BCUT2D eigenvalue weighted by Gasteiger charge is -2.30. The molecule has 40 heavy (non-hydrogen) atoms. The summed E-state index contributed by atoms with van der Waals surface area (Å²) in [6, 6.07) is 12.5. The van der Waals surface area contributed by atoms with E-state index in [2.05, 4.69) is 27.9 Å². The average Bonchev–Trinajstić information content (AvgIpc) is 3.59. The van der Waals surface area contributed by atoms with Crippen molar-refractivity contribution in [3.05, 3.63) is 71.4 Å². The zero-order valence-corrected chi connectivity index (χ0v) is 23.1. The summed E-state index contributed by atoms with van der Waals surface area (Å²) in [7, 11) is 1.92. The molecule has 4 aromatic heterocycles. The predicted octanol–water partition coefficient (Wildman–Crippen LogP) is 5.18. The quantitative estimate of drug-likeness (QED) is 0.306. The minimum atomic E-state index is -0.333. The van der Waals surface area contributed by atoms with E-state index in [-0.39, 0.29) is 11.9 Å². The van der Waals surface area contributed by atoms with Crippen molar-refractivity contribution in [2.75, 3.05) is 29.9 Å². The number of anilines is 3. The Balaban J connectivity index is 1.35. The monoisotopic (exact) mass is 553 g/mol. The summed E-state index contributed by atoms with van der Waals surface area (Å²) >= 11 is 1.29. The maximum Gasteiger partial charge on any atom is 0.225 e. The van der Waals surface area contributed by atoms with Crippen LogP contribution in [0.3, 0.4) is 0 Å². The number of nitriles is 1. The number of fused-ring (bicyclic) bond motifs is 1. The van der Waals surface area contributed by atoms with Crippen molar-refractivity contribution in [2.45, 2.75) is 32.2 Å². The zero-order valence-electron chi connectivity index (χ0n) is 22.3. The molecule has 0 atom stereocenters. The van der Waals surface area contributed by atoms with Gasteiger partial charge in [0.25, 0.3) is 0 Å². The number of thiazole rings is 1. The molecule has 1 aliphatic heterocycles. The maximum atomic E-state index is 13.5. The van der Waals surface area contributed by atoms with Crippen LogP contribution in [-0.4, -0.2) is 50.5 Å². The molecule has 0 saturated carbocycles. The second-order valence-corrected chi connectivity index (χ2v) is 10.8. The molecule has 1 aromatic carbocycles. The first-order chi connectivity index (χ1) is 19.4. The van der Waals surface area contributed by atoms with Gasteiger partial charge in [-0.2, -0.15) is 5.26 Å². The minimum absolute atomic E-state index is 0.253. The zero-order chi connectivity index (χ0) is 27.8. The smallest absolute Gasteiger partial charge is 0.225 e. The molecule has 2 N–H and O–H groups in total. The molecule has 6 rings (SSSR count). The minimum Gasteiger partial charge on any atom is -0.341 e. The molecule has 5 heterocycles. The standard InChI is InChI=1S/C29H28FN9S/c1-3-23-27(37(2)29-36-26(24(14-31)40-29)18-4-7-21(30)8-5-18)39-17-19(6-9-25(39)35-23)20-15-33-28(34-16-20)38-12-10-22(32)11-13-38/h4-9,15-17,22H,3,10-13,32H2,1-2H3. The highest BCUT2D eigenvalue weighted by atomic mass is 32.1. The van der Waals surface area contributed by atoms with Gasteiger partial charge in [0.05, 0.1) is 5.69 Å². The molecule has 1 saturated heterocycles. The molecule has 0 amide bonds. The summed E-state index contributed by atoms with van der Waals surface area (Å²) in [5, 5.41) is 10.4. The number of rotatable bonds is 6. The van der Waals surface area contributed by atoms with Gasteiger partial charge in [0.2, 0.25) is 5.95 Å². The SMILES string of the molecule is CCc1nc2ccc(-c3cnc(N4CCC(N)CC4)nc3)cn2c1N(C)c1nc(-c2ccc(F)cc2)c(C#N)s1. The summed E-state index contributed by atoms with van der Waals surface area (Å²) < 4.78 is 15.5. The first-order valence-electron chi connectivity index (χ1n) is 13.2. The summed E-state index contributed by atoms with van der Waals surface area (Å²) in [6.45, 7) is 3.79. The van der Waals surface area contributed by atoms with Gasteiger partial charge in [0, 0.05) is 61.5 Å². The van der Waals surface area contributed by atoms with Crippen molar-refractivity contribution in [3.63, 3.8) is 0 Å². The van der Waals surface area contributed by atoms with Crippen LogP contribution in [0.15, 0.2) is 55.0 Å². The number of aryl methyl sites for hydroxylation is 1. The number of hydrogen-bond acceptors (Lipinski definition) is 9. The van der Waals surface area contributed by atoms with Crippen LogP contribution < -0.4 is 15.5 Å². The Bertz CT molecular complexity index is 1690. The third kappa shape index (κ3) is 4.76. The molecule has 0 unspecified atom stereocenters. The predicted molar refractivity (Wildman–Crippen MR) is 155 cm³/mol. The summed E-state index contributed by atoms with van der Waals surface area (Å²) in [5.41, 5.74) is 10.8. The van der Waals surface area contributed by atoms with Gasteiger partial charge in [-0.05, 0) is 55.7 Å². The fourth-order valence-corrected chi connectivity index (χ4v) is 5.85. The van der Waals surface area contributed by atoms with Crippen LogP contribution in [0.5, 0.6) is 0 Å². The molecule has 0 bridgehead atoms. The van der Waals surface area contributed by atoms with Crippen molar-refractivity contribution < 1.29 is 4.39 Å². The Labute approximate surface area is 235 Å². The number of imidazole rings is 1. The van der Waals surface area contributed by atoms with Crippen LogP contribution in [0.4, 0.5) is 21.3 Å². The Morgan fingerprint density at radius 2 is 1.75 bits per heavy atom. The van der Waals surface area contributed by atoms with Gasteiger partial charge in [-0.3, -0.25) is 4.40 Å². The van der Waals surface area contributed by atoms with E-state index in [0.717, 1.165) is 66.6 Å². The van der Waals surface area contributed by atoms with Crippen LogP contribution in [0.25, 0.3) is 28.0 Å². The number of halogens is 1. The molecule has 202 valence electrons. The van der Waals surface area contributed by atoms with Crippen molar-refractivity contribution in [1.82, 2.24) is 24.3 Å². The fourth-order valence-electron chi connectivity index (χ4n) is 5.00. The number of benzene rings is 1. The highest BCUT2D eigenvalue weighted by Gasteiger charge is 2.23. The van der Waals surface area contributed by atoms with Gasteiger partial charge >= 0.3 is 0 Å². The van der Waals surface area contributed by atoms with Crippen molar-refractivity contribution in [1.29, 1.82) is 5.26 Å². The number of hydrogen-bond donors (Lipinski definition) is 1. The topological polar surface area (TPSA) is 112 Å². The molecule has 5 aromatic rings. The molecule has 9 nitrogen and oxygen atoms in total. The van der Waals surface area contributed by atoms with E-state index in [4.69, 9.17) is 15.7 Å². The van der Waals surface area contributed by atoms with Gasteiger partial charge in [0.15, 0.2) is 5.13 Å². The second-order valence-electron chi connectivity index (χ2n) is 9.83. The number of aromatic nitrogens is 5. The third-order valence-corrected chi connectivity index (χ3v) is 8.27. The first-order valence-corrected chi connectivity index (χ1v) is 14.0. The van der Waals surface area contributed by atoms with Gasteiger partial charge in [-0.25, -0.2) is 24.3 Å². The van der Waals surface area contributed by atoms with Crippen LogP contribution in [0, 0.1) is 17.1 Å². The highest BCUT2D eigenvalue weighted by Crippen LogP contribution is 2.37. The Morgan fingerprint density at radius 3 is 2.42 bits per heavy atom. The van der Waals surface area contributed by atoms with E-state index in [1.54, 1.807) is 12.1 Å². The molecule has 1 fully saturated rings. The highest BCUT2D eigenvalue weighted by molar-refractivity contribution is 7.16. The van der Waals surface area contributed by atoms with E-state index in [1.807, 2.05) is 47.1 Å². The molecule has 0 spiro atoms. The maximum absolute atomic E-state index is 13.5. The summed E-state index contributed by atoms with van der Waals surface area (Å²) in [5.74, 6) is 1.26. The van der Waals surface area contributed by atoms with E-state index in [9.17, 15) is 9.65 Å². The van der Waals surface area contributed by atoms with Crippen molar-refractivity contribution >= 4 is 33.9 Å². The molecule has 11 heteroatoms. The number of pyridine rings is 1.